The summed E-state index contributed by atoms with van der Waals surface area (Å²) in [5.41, 5.74) is 2.37. The maximum atomic E-state index is 6.10. The second-order valence-electron chi connectivity index (χ2n) is 5.10. The maximum Gasteiger partial charge on any atom is 0.124 e. The predicted molar refractivity (Wildman–Crippen MR) is 84.1 cm³/mol. The van der Waals surface area contributed by atoms with Crippen molar-refractivity contribution < 1.29 is 9.47 Å². The zero-order valence-corrected chi connectivity index (χ0v) is 12.7. The highest BCUT2D eigenvalue weighted by Crippen LogP contribution is 2.34. The summed E-state index contributed by atoms with van der Waals surface area (Å²) in [5, 5.41) is 4.33. The van der Waals surface area contributed by atoms with E-state index in [2.05, 4.69) is 17.4 Å². The van der Waals surface area contributed by atoms with Crippen LogP contribution in [0.15, 0.2) is 42.5 Å². The average molecular weight is 304 g/mol. The molecule has 1 aliphatic rings. The van der Waals surface area contributed by atoms with Gasteiger partial charge in [-0.15, -0.1) is 0 Å². The van der Waals surface area contributed by atoms with Crippen LogP contribution in [0.1, 0.15) is 23.6 Å². The topological polar surface area (TPSA) is 30.5 Å². The van der Waals surface area contributed by atoms with Gasteiger partial charge < -0.3 is 14.8 Å². The van der Waals surface area contributed by atoms with Crippen molar-refractivity contribution in [3.05, 3.63) is 58.6 Å². The van der Waals surface area contributed by atoms with Crippen molar-refractivity contribution in [3.63, 3.8) is 0 Å². The molecule has 0 amide bonds. The zero-order chi connectivity index (χ0) is 14.7. The van der Waals surface area contributed by atoms with Crippen LogP contribution in [0.25, 0.3) is 0 Å². The molecule has 0 aliphatic carbocycles. The molecule has 3 rings (SSSR count). The summed E-state index contributed by atoms with van der Waals surface area (Å²) in [5.74, 6) is 1.81. The van der Waals surface area contributed by atoms with Crippen LogP contribution < -0.4 is 14.8 Å². The first-order valence-electron chi connectivity index (χ1n) is 7.05. The molecule has 0 fully saturated rings. The molecule has 0 aromatic heterocycles. The highest BCUT2D eigenvalue weighted by atomic mass is 35.5. The van der Waals surface area contributed by atoms with Gasteiger partial charge in [-0.1, -0.05) is 23.7 Å². The molecule has 0 spiro atoms. The molecule has 0 saturated carbocycles. The van der Waals surface area contributed by atoms with Gasteiger partial charge in [-0.25, -0.2) is 0 Å². The highest BCUT2D eigenvalue weighted by molar-refractivity contribution is 6.30. The van der Waals surface area contributed by atoms with Crippen molar-refractivity contribution in [2.45, 2.75) is 19.0 Å². The van der Waals surface area contributed by atoms with Gasteiger partial charge in [-0.3, -0.25) is 0 Å². The van der Waals surface area contributed by atoms with E-state index in [0.29, 0.717) is 0 Å². The van der Waals surface area contributed by atoms with E-state index in [0.717, 1.165) is 41.7 Å². The van der Waals surface area contributed by atoms with Crippen LogP contribution >= 0.6 is 11.6 Å². The molecular formula is C17H18ClNO2. The van der Waals surface area contributed by atoms with Gasteiger partial charge in [0.1, 0.15) is 11.5 Å². The van der Waals surface area contributed by atoms with Crippen molar-refractivity contribution in [1.82, 2.24) is 5.32 Å². The van der Waals surface area contributed by atoms with Crippen LogP contribution in [-0.2, 0) is 6.54 Å². The molecule has 1 unspecified atom stereocenters. The number of benzene rings is 2. The number of hydrogen-bond donors (Lipinski definition) is 1. The van der Waals surface area contributed by atoms with E-state index in [9.17, 15) is 0 Å². The van der Waals surface area contributed by atoms with Gasteiger partial charge in [0.25, 0.3) is 0 Å². The second kappa shape index (κ2) is 6.37. The molecule has 2 aromatic carbocycles. The largest absolute Gasteiger partial charge is 0.497 e. The third-order valence-electron chi connectivity index (χ3n) is 3.72. The Bertz CT molecular complexity index is 613. The first-order chi connectivity index (χ1) is 10.3. The summed E-state index contributed by atoms with van der Waals surface area (Å²) in [6.07, 6.45) is 0.948. The van der Waals surface area contributed by atoms with Crippen LogP contribution in [0.4, 0.5) is 0 Å². The summed E-state index contributed by atoms with van der Waals surface area (Å²) >= 11 is 6.10. The molecule has 1 atom stereocenters. The van der Waals surface area contributed by atoms with E-state index >= 15 is 0 Å². The summed E-state index contributed by atoms with van der Waals surface area (Å²) in [6.45, 7) is 1.54. The van der Waals surface area contributed by atoms with Gasteiger partial charge in [-0.05, 0) is 35.9 Å². The minimum Gasteiger partial charge on any atom is -0.497 e. The number of ether oxygens (including phenoxy) is 2. The quantitative estimate of drug-likeness (QED) is 0.927. The van der Waals surface area contributed by atoms with E-state index in [1.54, 1.807) is 7.11 Å². The minimum atomic E-state index is 0.273. The molecule has 21 heavy (non-hydrogen) atoms. The Kier molecular flexibility index (Phi) is 4.32. The molecular weight excluding hydrogens is 286 g/mol. The number of rotatable bonds is 4. The summed E-state index contributed by atoms with van der Waals surface area (Å²) in [4.78, 5) is 0. The lowest BCUT2D eigenvalue weighted by Gasteiger charge is -2.27. The Hall–Kier alpha value is -1.71. The fourth-order valence-electron chi connectivity index (χ4n) is 2.56. The Balaban J connectivity index is 1.70. The third kappa shape index (κ3) is 3.31. The van der Waals surface area contributed by atoms with Crippen LogP contribution in [0.5, 0.6) is 11.5 Å². The van der Waals surface area contributed by atoms with E-state index in [4.69, 9.17) is 21.1 Å². The van der Waals surface area contributed by atoms with E-state index in [1.807, 2.05) is 30.3 Å². The van der Waals surface area contributed by atoms with Crippen molar-refractivity contribution in [2.24, 2.45) is 0 Å². The van der Waals surface area contributed by atoms with Crippen molar-refractivity contribution in [3.8, 4) is 11.5 Å². The Morgan fingerprint density at radius 1 is 1.24 bits per heavy atom. The highest BCUT2D eigenvalue weighted by Gasteiger charge is 2.21. The standard InChI is InChI=1S/C17H18ClNO2/c1-20-14-5-2-12(3-6-14)11-19-16-8-9-21-17-7-4-13(18)10-15(16)17/h2-7,10,16,19H,8-9,11H2,1H3. The molecule has 0 radical (unpaired) electrons. The molecule has 3 nitrogen and oxygen atoms in total. The minimum absolute atomic E-state index is 0.273. The van der Waals surface area contributed by atoms with Crippen LogP contribution in [0.3, 0.4) is 0 Å². The molecule has 1 heterocycles. The van der Waals surface area contributed by atoms with Crippen molar-refractivity contribution >= 4 is 11.6 Å². The average Bonchev–Trinajstić information content (AvgIpc) is 2.53. The van der Waals surface area contributed by atoms with Crippen molar-refractivity contribution in [1.29, 1.82) is 0 Å². The molecule has 4 heteroatoms. The van der Waals surface area contributed by atoms with Crippen LogP contribution in [0.2, 0.25) is 5.02 Å². The van der Waals surface area contributed by atoms with Crippen LogP contribution in [-0.4, -0.2) is 13.7 Å². The second-order valence-corrected chi connectivity index (χ2v) is 5.54. The molecule has 2 aromatic rings. The van der Waals surface area contributed by atoms with E-state index in [1.165, 1.54) is 5.56 Å². The molecule has 0 bridgehead atoms. The smallest absolute Gasteiger partial charge is 0.124 e. The maximum absolute atomic E-state index is 6.10. The third-order valence-corrected chi connectivity index (χ3v) is 3.96. The van der Waals surface area contributed by atoms with Gasteiger partial charge in [0.05, 0.1) is 13.7 Å². The number of halogens is 1. The SMILES string of the molecule is COc1ccc(CNC2CCOc3ccc(Cl)cc32)cc1. The van der Waals surface area contributed by atoms with Crippen LogP contribution in [0, 0.1) is 0 Å². The number of methoxy groups -OCH3 is 1. The lowest BCUT2D eigenvalue weighted by atomic mass is 10.0. The normalized spacial score (nSPS) is 17.0. The lowest BCUT2D eigenvalue weighted by molar-refractivity contribution is 0.252. The van der Waals surface area contributed by atoms with Gasteiger partial charge in [0, 0.05) is 29.6 Å². The Morgan fingerprint density at radius 3 is 2.81 bits per heavy atom. The number of nitrogens with one attached hydrogen (secondary N) is 1. The molecule has 110 valence electrons. The van der Waals surface area contributed by atoms with Gasteiger partial charge in [0.2, 0.25) is 0 Å². The predicted octanol–water partition coefficient (Wildman–Crippen LogP) is 3.96. The van der Waals surface area contributed by atoms with Gasteiger partial charge in [0.15, 0.2) is 0 Å². The zero-order valence-electron chi connectivity index (χ0n) is 11.9. The van der Waals surface area contributed by atoms with E-state index < -0.39 is 0 Å². The summed E-state index contributed by atoms with van der Waals surface area (Å²) < 4.78 is 10.8. The van der Waals surface area contributed by atoms with Gasteiger partial charge >= 0.3 is 0 Å². The monoisotopic (exact) mass is 303 g/mol. The Morgan fingerprint density at radius 2 is 2.05 bits per heavy atom. The number of fused-ring (bicyclic) bond motifs is 1. The fourth-order valence-corrected chi connectivity index (χ4v) is 2.74. The summed E-state index contributed by atoms with van der Waals surface area (Å²) in [7, 11) is 1.68. The first-order valence-corrected chi connectivity index (χ1v) is 7.42. The molecule has 1 N–H and O–H groups in total. The Labute approximate surface area is 129 Å². The fraction of sp³-hybridized carbons (Fsp3) is 0.294. The van der Waals surface area contributed by atoms with E-state index in [-0.39, 0.29) is 6.04 Å². The first kappa shape index (κ1) is 14.2. The van der Waals surface area contributed by atoms with Crippen molar-refractivity contribution in [2.75, 3.05) is 13.7 Å². The molecule has 0 saturated heterocycles. The lowest BCUT2D eigenvalue weighted by Crippen LogP contribution is -2.26. The summed E-state index contributed by atoms with van der Waals surface area (Å²) in [6, 6.07) is 14.2. The number of hydrogen-bond acceptors (Lipinski definition) is 3. The van der Waals surface area contributed by atoms with Gasteiger partial charge in [-0.2, -0.15) is 0 Å². The molecule has 1 aliphatic heterocycles.